The molecule has 0 aliphatic carbocycles. The van der Waals surface area contributed by atoms with Crippen LogP contribution in [0.15, 0.2) is 18.2 Å². The molecule has 114 valence electrons. The number of halogens is 4. The Hall–Kier alpha value is -0.750. The molecule has 2 nitrogen and oxygen atoms in total. The topological polar surface area (TPSA) is 12.5 Å². The van der Waals surface area contributed by atoms with Gasteiger partial charge in [-0.15, -0.1) is 0 Å². The number of nitrogens with zero attached hydrogens (tertiary/aromatic N) is 1. The maximum Gasteiger partial charge on any atom is 0.418 e. The Labute approximate surface area is 126 Å². The highest BCUT2D eigenvalue weighted by Gasteiger charge is 2.35. The van der Waals surface area contributed by atoms with E-state index in [0.29, 0.717) is 24.0 Å². The maximum absolute atomic E-state index is 13.2. The van der Waals surface area contributed by atoms with Crippen molar-refractivity contribution in [3.63, 3.8) is 0 Å². The number of hydrogen-bond acceptors (Lipinski definition) is 2. The van der Waals surface area contributed by atoms with Gasteiger partial charge >= 0.3 is 6.18 Å². The molecule has 6 heteroatoms. The van der Waals surface area contributed by atoms with E-state index in [9.17, 15) is 13.2 Å². The fraction of sp³-hybridized carbons (Fsp3) is 0.571. The van der Waals surface area contributed by atoms with Crippen LogP contribution in [0.3, 0.4) is 0 Å². The SMILES string of the molecule is COCCN(c1ccc(CBr)cc1C(F)(F)F)C(C)C. The molecule has 0 aliphatic heterocycles. The number of rotatable bonds is 6. The van der Waals surface area contributed by atoms with Crippen molar-refractivity contribution in [2.75, 3.05) is 25.2 Å². The van der Waals surface area contributed by atoms with Gasteiger partial charge in [0.15, 0.2) is 0 Å². The number of anilines is 1. The van der Waals surface area contributed by atoms with Crippen molar-refractivity contribution in [3.8, 4) is 0 Å². The summed E-state index contributed by atoms with van der Waals surface area (Å²) in [7, 11) is 1.54. The molecule has 0 spiro atoms. The third kappa shape index (κ3) is 4.38. The molecule has 0 N–H and O–H groups in total. The second-order valence-electron chi connectivity index (χ2n) is 4.76. The van der Waals surface area contributed by atoms with Crippen LogP contribution >= 0.6 is 15.9 Å². The molecular weight excluding hydrogens is 335 g/mol. The van der Waals surface area contributed by atoms with Crippen molar-refractivity contribution in [2.24, 2.45) is 0 Å². The van der Waals surface area contributed by atoms with Gasteiger partial charge in [0.25, 0.3) is 0 Å². The van der Waals surface area contributed by atoms with E-state index in [1.165, 1.54) is 19.2 Å². The van der Waals surface area contributed by atoms with Crippen molar-refractivity contribution >= 4 is 21.6 Å². The van der Waals surface area contributed by atoms with Crippen LogP contribution in [0.4, 0.5) is 18.9 Å². The monoisotopic (exact) mass is 353 g/mol. The molecule has 0 radical (unpaired) electrons. The van der Waals surface area contributed by atoms with Gasteiger partial charge in [-0.25, -0.2) is 0 Å². The van der Waals surface area contributed by atoms with Gasteiger partial charge in [0.05, 0.1) is 12.2 Å². The first-order valence-corrected chi connectivity index (χ1v) is 7.45. The van der Waals surface area contributed by atoms with E-state index in [2.05, 4.69) is 15.9 Å². The average molecular weight is 354 g/mol. The molecule has 0 aromatic heterocycles. The van der Waals surface area contributed by atoms with Gasteiger partial charge in [-0.05, 0) is 31.5 Å². The summed E-state index contributed by atoms with van der Waals surface area (Å²) in [6.07, 6.45) is -4.37. The number of ether oxygens (including phenoxy) is 1. The first kappa shape index (κ1) is 17.3. The summed E-state index contributed by atoms with van der Waals surface area (Å²) in [5.41, 5.74) is 0.213. The zero-order chi connectivity index (χ0) is 15.3. The smallest absolute Gasteiger partial charge is 0.383 e. The Kier molecular flexibility index (Phi) is 6.33. The summed E-state index contributed by atoms with van der Waals surface area (Å²) in [6.45, 7) is 4.54. The molecule has 0 bridgehead atoms. The van der Waals surface area contributed by atoms with Crippen molar-refractivity contribution in [2.45, 2.75) is 31.4 Å². The predicted molar refractivity (Wildman–Crippen MR) is 78.4 cm³/mol. The first-order chi connectivity index (χ1) is 9.31. The van der Waals surface area contributed by atoms with Crippen LogP contribution in [0.25, 0.3) is 0 Å². The van der Waals surface area contributed by atoms with Crippen LogP contribution < -0.4 is 4.90 Å². The van der Waals surface area contributed by atoms with Crippen LogP contribution in [0, 0.1) is 0 Å². The van der Waals surface area contributed by atoms with E-state index in [0.717, 1.165) is 0 Å². The highest BCUT2D eigenvalue weighted by Crippen LogP contribution is 2.38. The highest BCUT2D eigenvalue weighted by molar-refractivity contribution is 9.08. The van der Waals surface area contributed by atoms with Crippen molar-refractivity contribution in [1.82, 2.24) is 0 Å². The molecular formula is C14H19BrF3NO. The van der Waals surface area contributed by atoms with E-state index in [4.69, 9.17) is 4.74 Å². The third-order valence-electron chi connectivity index (χ3n) is 2.99. The van der Waals surface area contributed by atoms with Crippen LogP contribution in [0.5, 0.6) is 0 Å². The lowest BCUT2D eigenvalue weighted by Crippen LogP contribution is -2.35. The molecule has 0 heterocycles. The first-order valence-electron chi connectivity index (χ1n) is 6.33. The molecule has 1 rings (SSSR count). The molecule has 0 saturated heterocycles. The number of benzene rings is 1. The summed E-state index contributed by atoms with van der Waals surface area (Å²) in [6, 6.07) is 4.41. The molecule has 0 atom stereocenters. The van der Waals surface area contributed by atoms with E-state index in [1.54, 1.807) is 11.0 Å². The van der Waals surface area contributed by atoms with Gasteiger partial charge in [-0.3, -0.25) is 0 Å². The fourth-order valence-corrected chi connectivity index (χ4v) is 2.34. The lowest BCUT2D eigenvalue weighted by Gasteiger charge is -2.31. The molecule has 0 fully saturated rings. The van der Waals surface area contributed by atoms with Gasteiger partial charge in [-0.1, -0.05) is 22.0 Å². The second kappa shape index (κ2) is 7.31. The van der Waals surface area contributed by atoms with Crippen molar-refractivity contribution in [1.29, 1.82) is 0 Å². The Bertz CT molecular complexity index is 435. The normalized spacial score (nSPS) is 12.0. The second-order valence-corrected chi connectivity index (χ2v) is 5.32. The molecule has 1 aromatic rings. The van der Waals surface area contributed by atoms with Gasteiger partial charge in [-0.2, -0.15) is 13.2 Å². The minimum absolute atomic E-state index is 0.0407. The fourth-order valence-electron chi connectivity index (χ4n) is 1.99. The summed E-state index contributed by atoms with van der Waals surface area (Å²) >= 11 is 3.19. The maximum atomic E-state index is 13.2. The van der Waals surface area contributed by atoms with Crippen LogP contribution in [0.2, 0.25) is 0 Å². The Balaban J connectivity index is 3.26. The van der Waals surface area contributed by atoms with E-state index < -0.39 is 11.7 Å². The molecule has 1 aromatic carbocycles. The summed E-state index contributed by atoms with van der Waals surface area (Å²) in [4.78, 5) is 1.71. The standard InChI is InChI=1S/C14H19BrF3NO/c1-10(2)19(6-7-20-3)13-5-4-11(9-15)8-12(13)14(16,17)18/h4-5,8,10H,6-7,9H2,1-3H3. The average Bonchev–Trinajstić information content (AvgIpc) is 2.37. The van der Waals surface area contributed by atoms with Crippen molar-refractivity contribution in [3.05, 3.63) is 29.3 Å². The van der Waals surface area contributed by atoms with Crippen LogP contribution in [-0.2, 0) is 16.2 Å². The van der Waals surface area contributed by atoms with Crippen LogP contribution in [0.1, 0.15) is 25.0 Å². The predicted octanol–water partition coefficient (Wildman–Crippen LogP) is 4.46. The van der Waals surface area contributed by atoms with E-state index in [1.807, 2.05) is 13.8 Å². The van der Waals surface area contributed by atoms with Gasteiger partial charge in [0.1, 0.15) is 0 Å². The minimum Gasteiger partial charge on any atom is -0.383 e. The Morgan fingerprint density at radius 3 is 2.40 bits per heavy atom. The summed E-state index contributed by atoms with van der Waals surface area (Å²) in [5.74, 6) is 0. The molecule has 0 amide bonds. The van der Waals surface area contributed by atoms with Crippen molar-refractivity contribution < 1.29 is 17.9 Å². The highest BCUT2D eigenvalue weighted by atomic mass is 79.9. The van der Waals surface area contributed by atoms with Gasteiger partial charge < -0.3 is 9.64 Å². The molecule has 0 unspecified atom stereocenters. The summed E-state index contributed by atoms with van der Waals surface area (Å²) in [5, 5.41) is 0.399. The molecule has 20 heavy (non-hydrogen) atoms. The minimum atomic E-state index is -4.37. The zero-order valence-electron chi connectivity index (χ0n) is 11.8. The summed E-state index contributed by atoms with van der Waals surface area (Å²) < 4.78 is 44.7. The number of alkyl halides is 4. The number of hydrogen-bond donors (Lipinski definition) is 0. The molecule has 0 aliphatic rings. The van der Waals surface area contributed by atoms with Gasteiger partial charge in [0.2, 0.25) is 0 Å². The van der Waals surface area contributed by atoms with E-state index in [-0.39, 0.29) is 11.7 Å². The Morgan fingerprint density at radius 2 is 1.95 bits per heavy atom. The largest absolute Gasteiger partial charge is 0.418 e. The lowest BCUT2D eigenvalue weighted by molar-refractivity contribution is -0.137. The number of methoxy groups -OCH3 is 1. The quantitative estimate of drug-likeness (QED) is 0.700. The van der Waals surface area contributed by atoms with Crippen LogP contribution in [-0.4, -0.2) is 26.3 Å². The lowest BCUT2D eigenvalue weighted by atomic mass is 10.1. The molecule has 0 saturated carbocycles. The third-order valence-corrected chi connectivity index (χ3v) is 3.64. The zero-order valence-corrected chi connectivity index (χ0v) is 13.4. The van der Waals surface area contributed by atoms with E-state index >= 15 is 0 Å². The Morgan fingerprint density at radius 1 is 1.30 bits per heavy atom. The van der Waals surface area contributed by atoms with Gasteiger partial charge in [0, 0.05) is 30.7 Å².